The van der Waals surface area contributed by atoms with Crippen LogP contribution in [0.5, 0.6) is 0 Å². The van der Waals surface area contributed by atoms with Crippen LogP contribution in [0.15, 0.2) is 38.5 Å². The second-order valence-corrected chi connectivity index (χ2v) is 4.55. The molecule has 17 heavy (non-hydrogen) atoms. The second-order valence-electron chi connectivity index (χ2n) is 3.30. The van der Waals surface area contributed by atoms with E-state index in [-0.39, 0.29) is 21.3 Å². The summed E-state index contributed by atoms with van der Waals surface area (Å²) in [5.41, 5.74) is -0.285. The molecule has 1 aliphatic heterocycles. The van der Waals surface area contributed by atoms with E-state index >= 15 is 0 Å². The van der Waals surface area contributed by atoms with Gasteiger partial charge in [-0.05, 0) is 6.08 Å². The van der Waals surface area contributed by atoms with Gasteiger partial charge in [0.15, 0.2) is 0 Å². The fraction of sp³-hybridized carbons (Fsp3) is 0.100. The van der Waals surface area contributed by atoms with E-state index in [9.17, 15) is 9.59 Å². The Hall–Kier alpha value is -1.10. The van der Waals surface area contributed by atoms with Crippen molar-refractivity contribution in [2.24, 2.45) is 4.99 Å². The van der Waals surface area contributed by atoms with Crippen LogP contribution in [0.1, 0.15) is 0 Å². The first kappa shape index (κ1) is 12.4. The number of ketones is 1. The topological polar surface area (TPSA) is 66.7 Å². The Kier molecular flexibility index (Phi) is 3.12. The van der Waals surface area contributed by atoms with E-state index in [2.05, 4.69) is 4.99 Å². The van der Waals surface area contributed by atoms with Gasteiger partial charge in [0.25, 0.3) is 0 Å². The molecule has 1 heterocycles. The van der Waals surface area contributed by atoms with Gasteiger partial charge in [-0.3, -0.25) is 9.79 Å². The number of hydrogen-bond acceptors (Lipinski definition) is 3. The SMILES string of the molecule is O=C(O)C1=CN=C2C(=C(Cl)C(Cl)=CC2Cl)C1=O. The molecule has 0 aromatic rings. The number of carbonyl (C=O) groups is 2. The summed E-state index contributed by atoms with van der Waals surface area (Å²) in [5, 5.41) is 8.20. The third kappa shape index (κ3) is 1.92. The third-order valence-electron chi connectivity index (χ3n) is 2.27. The number of carboxylic acids is 1. The van der Waals surface area contributed by atoms with Gasteiger partial charge in [-0.2, -0.15) is 0 Å². The van der Waals surface area contributed by atoms with Crippen LogP contribution in [0.3, 0.4) is 0 Å². The molecule has 0 amide bonds. The number of aliphatic carboxylic acids is 1. The molecule has 0 bridgehead atoms. The second kappa shape index (κ2) is 4.29. The molecular formula is C10H4Cl3NO3. The first-order valence-electron chi connectivity index (χ1n) is 4.41. The Morgan fingerprint density at radius 1 is 1.41 bits per heavy atom. The highest BCUT2D eigenvalue weighted by molar-refractivity contribution is 6.54. The lowest BCUT2D eigenvalue weighted by molar-refractivity contribution is -0.134. The maximum Gasteiger partial charge on any atom is 0.341 e. The van der Waals surface area contributed by atoms with Crippen molar-refractivity contribution in [3.8, 4) is 0 Å². The fourth-order valence-corrected chi connectivity index (χ4v) is 2.30. The Morgan fingerprint density at radius 3 is 2.65 bits per heavy atom. The molecule has 2 aliphatic rings. The summed E-state index contributed by atoms with van der Waals surface area (Å²) in [7, 11) is 0. The van der Waals surface area contributed by atoms with E-state index in [0.29, 0.717) is 0 Å². The van der Waals surface area contributed by atoms with Gasteiger partial charge in [0.05, 0.1) is 26.7 Å². The molecular weight excluding hydrogens is 288 g/mol. The standard InChI is InChI=1S/C10H4Cl3NO3/c11-4-1-5(12)8-6(7(4)13)9(15)3(2-14-8)10(16)17/h1-2,5H,(H,16,17). The van der Waals surface area contributed by atoms with Gasteiger partial charge < -0.3 is 5.11 Å². The van der Waals surface area contributed by atoms with E-state index in [1.807, 2.05) is 0 Å². The van der Waals surface area contributed by atoms with Crippen molar-refractivity contribution in [1.82, 2.24) is 0 Å². The highest BCUT2D eigenvalue weighted by Crippen LogP contribution is 2.34. The van der Waals surface area contributed by atoms with E-state index in [4.69, 9.17) is 39.9 Å². The van der Waals surface area contributed by atoms with E-state index in [1.165, 1.54) is 6.08 Å². The molecule has 0 fully saturated rings. The quantitative estimate of drug-likeness (QED) is 0.595. The summed E-state index contributed by atoms with van der Waals surface area (Å²) in [6.07, 6.45) is 2.40. The number of aliphatic imine (C=N–C) groups is 1. The third-order valence-corrected chi connectivity index (χ3v) is 3.41. The van der Waals surface area contributed by atoms with Gasteiger partial charge >= 0.3 is 5.97 Å². The lowest BCUT2D eigenvalue weighted by atomic mass is 9.92. The zero-order chi connectivity index (χ0) is 12.7. The Balaban J connectivity index is 2.63. The van der Waals surface area contributed by atoms with Crippen molar-refractivity contribution in [3.05, 3.63) is 33.5 Å². The lowest BCUT2D eigenvalue weighted by Crippen LogP contribution is -2.30. The number of carbonyl (C=O) groups excluding carboxylic acids is 1. The number of halogens is 3. The zero-order valence-corrected chi connectivity index (χ0v) is 10.3. The van der Waals surface area contributed by atoms with Crippen molar-refractivity contribution in [1.29, 1.82) is 0 Å². The van der Waals surface area contributed by atoms with Gasteiger partial charge in [-0.15, -0.1) is 11.6 Å². The van der Waals surface area contributed by atoms with Gasteiger partial charge in [-0.25, -0.2) is 4.79 Å². The first-order chi connectivity index (χ1) is 7.93. The molecule has 1 aliphatic carbocycles. The zero-order valence-electron chi connectivity index (χ0n) is 8.08. The lowest BCUT2D eigenvalue weighted by Gasteiger charge is -2.21. The number of fused-ring (bicyclic) bond motifs is 1. The van der Waals surface area contributed by atoms with Crippen molar-refractivity contribution < 1.29 is 14.7 Å². The number of Topliss-reactive ketones (excluding diaryl/α,β-unsaturated/α-hetero) is 1. The number of nitrogens with zero attached hydrogens (tertiary/aromatic N) is 1. The normalized spacial score (nSPS) is 23.8. The number of hydrogen-bond donors (Lipinski definition) is 1. The van der Waals surface area contributed by atoms with Gasteiger partial charge in [-0.1, -0.05) is 23.2 Å². The molecule has 88 valence electrons. The minimum Gasteiger partial charge on any atom is -0.477 e. The van der Waals surface area contributed by atoms with Crippen LogP contribution in [-0.4, -0.2) is 27.9 Å². The summed E-state index contributed by atoms with van der Waals surface area (Å²) < 4.78 is 0. The van der Waals surface area contributed by atoms with Crippen LogP contribution < -0.4 is 0 Å². The smallest absolute Gasteiger partial charge is 0.341 e. The van der Waals surface area contributed by atoms with Crippen molar-refractivity contribution in [2.75, 3.05) is 0 Å². The largest absolute Gasteiger partial charge is 0.477 e. The molecule has 1 unspecified atom stereocenters. The predicted molar refractivity (Wildman–Crippen MR) is 64.6 cm³/mol. The molecule has 2 rings (SSSR count). The van der Waals surface area contributed by atoms with Crippen LogP contribution >= 0.6 is 34.8 Å². The Bertz CT molecular complexity index is 557. The van der Waals surface area contributed by atoms with Gasteiger partial charge in [0, 0.05) is 6.20 Å². The van der Waals surface area contributed by atoms with Crippen LogP contribution in [0.25, 0.3) is 0 Å². The molecule has 0 saturated carbocycles. The summed E-state index contributed by atoms with van der Waals surface area (Å²) >= 11 is 17.6. The highest BCUT2D eigenvalue weighted by atomic mass is 35.5. The minimum atomic E-state index is -1.37. The maximum atomic E-state index is 11.9. The summed E-state index contributed by atoms with van der Waals surface area (Å²) in [5.74, 6) is -2.10. The van der Waals surface area contributed by atoms with E-state index in [0.717, 1.165) is 6.20 Å². The molecule has 1 atom stereocenters. The molecule has 0 radical (unpaired) electrons. The van der Waals surface area contributed by atoms with Crippen LogP contribution in [-0.2, 0) is 9.59 Å². The molecule has 0 saturated heterocycles. The maximum absolute atomic E-state index is 11.9. The van der Waals surface area contributed by atoms with E-state index in [1.54, 1.807) is 0 Å². The Labute approximate surface area is 111 Å². The highest BCUT2D eigenvalue weighted by Gasteiger charge is 2.36. The molecule has 1 N–H and O–H groups in total. The van der Waals surface area contributed by atoms with Crippen molar-refractivity contribution in [2.45, 2.75) is 5.38 Å². The summed E-state index contributed by atoms with van der Waals surface area (Å²) in [6.45, 7) is 0. The fourth-order valence-electron chi connectivity index (χ4n) is 1.48. The molecule has 0 aromatic carbocycles. The molecule has 7 heteroatoms. The first-order valence-corrected chi connectivity index (χ1v) is 5.60. The van der Waals surface area contributed by atoms with E-state index < -0.39 is 22.7 Å². The van der Waals surface area contributed by atoms with Crippen LogP contribution in [0.2, 0.25) is 0 Å². The monoisotopic (exact) mass is 291 g/mol. The molecule has 0 spiro atoms. The predicted octanol–water partition coefficient (Wildman–Crippen LogP) is 2.22. The molecule has 0 aromatic heterocycles. The van der Waals surface area contributed by atoms with Crippen LogP contribution in [0, 0.1) is 0 Å². The van der Waals surface area contributed by atoms with Crippen molar-refractivity contribution in [3.63, 3.8) is 0 Å². The van der Waals surface area contributed by atoms with Gasteiger partial charge in [0.2, 0.25) is 5.78 Å². The molecule has 4 nitrogen and oxygen atoms in total. The van der Waals surface area contributed by atoms with Crippen molar-refractivity contribution >= 4 is 52.3 Å². The number of rotatable bonds is 1. The summed E-state index contributed by atoms with van der Waals surface area (Å²) in [6, 6.07) is 0. The number of allylic oxidation sites excluding steroid dienone is 4. The van der Waals surface area contributed by atoms with Crippen LogP contribution in [0.4, 0.5) is 0 Å². The Morgan fingerprint density at radius 2 is 2.06 bits per heavy atom. The minimum absolute atomic E-state index is 0.0285. The number of alkyl halides is 1. The average Bonchev–Trinajstić information content (AvgIpc) is 2.25. The number of carboxylic acid groups (broad SMARTS) is 1. The summed E-state index contributed by atoms with van der Waals surface area (Å²) in [4.78, 5) is 26.5. The van der Waals surface area contributed by atoms with Gasteiger partial charge in [0.1, 0.15) is 5.57 Å². The average molecular weight is 293 g/mol.